The van der Waals surface area contributed by atoms with Crippen LogP contribution >= 0.6 is 0 Å². The second kappa shape index (κ2) is 7.59. The normalized spacial score (nSPS) is 17.2. The minimum Gasteiger partial charge on any atom is -0.480 e. The molecule has 0 radical (unpaired) electrons. The van der Waals surface area contributed by atoms with Gasteiger partial charge in [0, 0.05) is 19.6 Å². The number of carboxylic acid groups (broad SMARTS) is 1. The van der Waals surface area contributed by atoms with Gasteiger partial charge in [0.05, 0.1) is 11.5 Å². The highest BCUT2D eigenvalue weighted by molar-refractivity contribution is 5.83. The predicted molar refractivity (Wildman–Crippen MR) is 75.3 cm³/mol. The van der Waals surface area contributed by atoms with E-state index in [1.165, 1.54) is 0 Å². The predicted octanol–water partition coefficient (Wildman–Crippen LogP) is 0.844. The molecular formula is C14H26N2O4. The highest BCUT2D eigenvalue weighted by Crippen LogP contribution is 2.29. The van der Waals surface area contributed by atoms with E-state index < -0.39 is 11.4 Å². The van der Waals surface area contributed by atoms with Gasteiger partial charge in [-0.15, -0.1) is 0 Å². The third-order valence-corrected chi connectivity index (χ3v) is 4.37. The molecule has 1 amide bonds. The molecule has 116 valence electrons. The van der Waals surface area contributed by atoms with Crippen LogP contribution in [-0.2, 0) is 14.3 Å². The van der Waals surface area contributed by atoms with Crippen molar-refractivity contribution in [2.24, 2.45) is 11.1 Å². The van der Waals surface area contributed by atoms with E-state index in [0.29, 0.717) is 32.5 Å². The Morgan fingerprint density at radius 1 is 1.30 bits per heavy atom. The van der Waals surface area contributed by atoms with Gasteiger partial charge in [-0.25, -0.2) is 4.79 Å². The van der Waals surface area contributed by atoms with Crippen molar-refractivity contribution in [1.29, 1.82) is 0 Å². The van der Waals surface area contributed by atoms with Gasteiger partial charge in [-0.05, 0) is 25.7 Å². The number of nitrogens with zero attached hydrogens (tertiary/aromatic N) is 1. The number of aliphatic carboxylic acids is 1. The fourth-order valence-corrected chi connectivity index (χ4v) is 2.68. The summed E-state index contributed by atoms with van der Waals surface area (Å²) in [6.45, 7) is 5.33. The molecular weight excluding hydrogens is 260 g/mol. The molecule has 1 fully saturated rings. The first kappa shape index (κ1) is 16.9. The Labute approximate surface area is 120 Å². The fourth-order valence-electron chi connectivity index (χ4n) is 2.68. The summed E-state index contributed by atoms with van der Waals surface area (Å²) in [5, 5.41) is 8.58. The van der Waals surface area contributed by atoms with Crippen LogP contribution in [0.5, 0.6) is 0 Å². The largest absolute Gasteiger partial charge is 0.480 e. The van der Waals surface area contributed by atoms with Crippen molar-refractivity contribution in [2.45, 2.75) is 45.6 Å². The fraction of sp³-hybridized carbons (Fsp3) is 0.857. The van der Waals surface area contributed by atoms with Crippen LogP contribution in [0.4, 0.5) is 0 Å². The molecule has 0 aromatic rings. The van der Waals surface area contributed by atoms with Crippen LogP contribution in [0.25, 0.3) is 0 Å². The van der Waals surface area contributed by atoms with Crippen molar-refractivity contribution in [3.05, 3.63) is 0 Å². The topological polar surface area (TPSA) is 92.9 Å². The number of nitrogens with two attached hydrogens (primary N) is 1. The van der Waals surface area contributed by atoms with Crippen LogP contribution in [-0.4, -0.2) is 54.2 Å². The lowest BCUT2D eigenvalue weighted by atomic mass is 9.80. The molecule has 1 rings (SSSR count). The van der Waals surface area contributed by atoms with Crippen molar-refractivity contribution in [2.75, 3.05) is 26.2 Å². The highest BCUT2D eigenvalue weighted by Gasteiger charge is 2.38. The Morgan fingerprint density at radius 2 is 1.85 bits per heavy atom. The van der Waals surface area contributed by atoms with Gasteiger partial charge in [0.25, 0.3) is 0 Å². The van der Waals surface area contributed by atoms with Crippen molar-refractivity contribution in [3.63, 3.8) is 0 Å². The number of carbonyl (C=O) groups excluding carboxylic acids is 1. The number of hydrogen-bond donors (Lipinski definition) is 2. The second-order valence-electron chi connectivity index (χ2n) is 5.39. The summed E-state index contributed by atoms with van der Waals surface area (Å²) in [4.78, 5) is 24.9. The minimum atomic E-state index is -0.956. The Kier molecular flexibility index (Phi) is 6.42. The number of rotatable bonds is 7. The molecule has 6 heteroatoms. The van der Waals surface area contributed by atoms with Gasteiger partial charge in [-0.2, -0.15) is 0 Å². The number of amides is 1. The molecule has 0 atom stereocenters. The molecule has 6 nitrogen and oxygen atoms in total. The smallest absolute Gasteiger partial charge is 0.329 e. The van der Waals surface area contributed by atoms with Crippen LogP contribution in [0.3, 0.4) is 0 Å². The lowest BCUT2D eigenvalue weighted by Gasteiger charge is -2.38. The molecule has 0 aromatic heterocycles. The maximum atomic E-state index is 12.6. The van der Waals surface area contributed by atoms with E-state index >= 15 is 0 Å². The minimum absolute atomic E-state index is 0.0642. The van der Waals surface area contributed by atoms with Crippen LogP contribution in [0.15, 0.2) is 0 Å². The van der Waals surface area contributed by atoms with Gasteiger partial charge in [0.2, 0.25) is 5.91 Å². The summed E-state index contributed by atoms with van der Waals surface area (Å²) in [5.74, 6) is -0.829. The number of hydrogen-bond acceptors (Lipinski definition) is 4. The van der Waals surface area contributed by atoms with Crippen molar-refractivity contribution in [3.8, 4) is 0 Å². The zero-order valence-corrected chi connectivity index (χ0v) is 12.4. The Morgan fingerprint density at radius 3 is 2.25 bits per heavy atom. The van der Waals surface area contributed by atoms with Crippen LogP contribution < -0.4 is 5.73 Å². The Hall–Kier alpha value is -1.14. The van der Waals surface area contributed by atoms with E-state index in [0.717, 1.165) is 12.8 Å². The summed E-state index contributed by atoms with van der Waals surface area (Å²) in [6, 6.07) is 0. The van der Waals surface area contributed by atoms with Gasteiger partial charge in [-0.3, -0.25) is 4.79 Å². The molecule has 0 unspecified atom stereocenters. The SMILES string of the molecule is CCC(CC)(CN)C(=O)N1CCC(OCC(=O)O)CC1. The molecule has 1 saturated heterocycles. The molecule has 1 aliphatic heterocycles. The molecule has 1 aliphatic rings. The number of carboxylic acids is 1. The number of carbonyl (C=O) groups is 2. The molecule has 1 heterocycles. The molecule has 0 bridgehead atoms. The summed E-state index contributed by atoms with van der Waals surface area (Å²) < 4.78 is 5.27. The van der Waals surface area contributed by atoms with E-state index in [9.17, 15) is 9.59 Å². The standard InChI is InChI=1S/C14H26N2O4/c1-3-14(4-2,10-15)13(19)16-7-5-11(6-8-16)20-9-12(17)18/h11H,3-10,15H2,1-2H3,(H,17,18). The summed E-state index contributed by atoms with van der Waals surface area (Å²) in [7, 11) is 0. The van der Waals surface area contributed by atoms with Gasteiger partial charge in [0.1, 0.15) is 6.61 Å². The molecule has 0 spiro atoms. The third kappa shape index (κ3) is 3.93. The van der Waals surface area contributed by atoms with E-state index in [2.05, 4.69) is 0 Å². The Bertz CT molecular complexity index is 326. The molecule has 20 heavy (non-hydrogen) atoms. The first-order valence-electron chi connectivity index (χ1n) is 7.32. The highest BCUT2D eigenvalue weighted by atomic mass is 16.5. The lowest BCUT2D eigenvalue weighted by Crippen LogP contribution is -2.51. The van der Waals surface area contributed by atoms with E-state index in [1.807, 2.05) is 18.7 Å². The summed E-state index contributed by atoms with van der Waals surface area (Å²) in [5.41, 5.74) is 5.36. The molecule has 0 aliphatic carbocycles. The van der Waals surface area contributed by atoms with Crippen molar-refractivity contribution < 1.29 is 19.4 Å². The summed E-state index contributed by atoms with van der Waals surface area (Å²) >= 11 is 0. The molecule has 0 aromatic carbocycles. The third-order valence-electron chi connectivity index (χ3n) is 4.37. The van der Waals surface area contributed by atoms with Gasteiger partial charge < -0.3 is 20.5 Å². The van der Waals surface area contributed by atoms with Crippen molar-refractivity contribution >= 4 is 11.9 Å². The van der Waals surface area contributed by atoms with E-state index in [4.69, 9.17) is 15.6 Å². The van der Waals surface area contributed by atoms with Gasteiger partial charge >= 0.3 is 5.97 Å². The van der Waals surface area contributed by atoms with Gasteiger partial charge in [-0.1, -0.05) is 13.8 Å². The first-order chi connectivity index (χ1) is 9.49. The first-order valence-corrected chi connectivity index (χ1v) is 7.32. The average Bonchev–Trinajstić information content (AvgIpc) is 2.48. The lowest BCUT2D eigenvalue weighted by molar-refractivity contribution is -0.149. The van der Waals surface area contributed by atoms with E-state index in [-0.39, 0.29) is 18.6 Å². The van der Waals surface area contributed by atoms with Crippen molar-refractivity contribution in [1.82, 2.24) is 4.90 Å². The molecule has 0 saturated carbocycles. The van der Waals surface area contributed by atoms with Crippen LogP contribution in [0, 0.1) is 5.41 Å². The quantitative estimate of drug-likeness (QED) is 0.723. The maximum Gasteiger partial charge on any atom is 0.329 e. The zero-order chi connectivity index (χ0) is 15.2. The number of likely N-dealkylation sites (tertiary alicyclic amines) is 1. The zero-order valence-electron chi connectivity index (χ0n) is 12.4. The second-order valence-corrected chi connectivity index (χ2v) is 5.39. The molecule has 3 N–H and O–H groups in total. The average molecular weight is 286 g/mol. The van der Waals surface area contributed by atoms with Crippen LogP contribution in [0.2, 0.25) is 0 Å². The summed E-state index contributed by atoms with van der Waals surface area (Å²) in [6.07, 6.45) is 2.80. The van der Waals surface area contributed by atoms with Gasteiger partial charge in [0.15, 0.2) is 0 Å². The number of ether oxygens (including phenoxy) is 1. The Balaban J connectivity index is 2.52. The van der Waals surface area contributed by atoms with E-state index in [1.54, 1.807) is 0 Å². The van der Waals surface area contributed by atoms with Crippen LogP contribution in [0.1, 0.15) is 39.5 Å². The maximum absolute atomic E-state index is 12.6. The number of piperidine rings is 1. The monoisotopic (exact) mass is 286 g/mol.